The van der Waals surface area contributed by atoms with Gasteiger partial charge < -0.3 is 9.47 Å². The Kier molecular flexibility index (Phi) is 7.10. The third-order valence-corrected chi connectivity index (χ3v) is 4.55. The minimum atomic E-state index is -0.473. The second-order valence-corrected chi connectivity index (χ2v) is 6.68. The van der Waals surface area contributed by atoms with Gasteiger partial charge in [0.25, 0.3) is 11.4 Å². The van der Waals surface area contributed by atoms with Crippen molar-refractivity contribution in [2.45, 2.75) is 13.8 Å². The smallest absolute Gasteiger partial charge is 0.273 e. The van der Waals surface area contributed by atoms with E-state index in [1.54, 1.807) is 30.7 Å². The average molecular weight is 468 g/mol. The molecule has 2 aromatic carbocycles. The van der Waals surface area contributed by atoms with Gasteiger partial charge in [0, 0.05) is 12.1 Å². The Morgan fingerprint density at radius 2 is 1.41 bits per heavy atom. The molecule has 0 aliphatic heterocycles. The minimum Gasteiger partial charge on any atom is -0.494 e. The fraction of sp³-hybridized carbons (Fsp3) is 0.200. The van der Waals surface area contributed by atoms with Crippen LogP contribution in [0.25, 0.3) is 11.4 Å². The highest BCUT2D eigenvalue weighted by atomic mass is 16.6. The van der Waals surface area contributed by atoms with Crippen LogP contribution in [-0.2, 0) is 0 Å². The molecule has 0 amide bonds. The Hall–Kier alpha value is -4.88. The second-order valence-electron chi connectivity index (χ2n) is 6.68. The first-order valence-electron chi connectivity index (χ1n) is 9.65. The molecule has 0 fully saturated rings. The highest BCUT2D eigenvalue weighted by molar-refractivity contribution is 5.53. The summed E-state index contributed by atoms with van der Waals surface area (Å²) >= 11 is 0. The van der Waals surface area contributed by atoms with E-state index in [9.17, 15) is 20.2 Å². The Morgan fingerprint density at radius 3 is 1.85 bits per heavy atom. The van der Waals surface area contributed by atoms with E-state index in [2.05, 4.69) is 20.2 Å². The molecule has 2 aromatic heterocycles. The number of methoxy groups -OCH3 is 2. The summed E-state index contributed by atoms with van der Waals surface area (Å²) in [5, 5.41) is 29.4. The van der Waals surface area contributed by atoms with Crippen molar-refractivity contribution in [3.05, 3.63) is 80.9 Å². The summed E-state index contributed by atoms with van der Waals surface area (Å²) in [5.74, 6) is 2.06. The number of aromatic nitrogens is 6. The second kappa shape index (κ2) is 10.2. The van der Waals surface area contributed by atoms with Crippen molar-refractivity contribution in [1.82, 2.24) is 29.5 Å². The lowest BCUT2D eigenvalue weighted by atomic mass is 10.2. The number of aryl methyl sites for hydroxylation is 2. The highest BCUT2D eigenvalue weighted by Gasteiger charge is 2.15. The van der Waals surface area contributed by atoms with Gasteiger partial charge in [-0.1, -0.05) is 0 Å². The number of non-ortho nitro benzene ring substituents is 2. The quantitative estimate of drug-likeness (QED) is 0.303. The molecule has 0 radical (unpaired) electrons. The topological polar surface area (TPSA) is 166 Å². The molecule has 14 nitrogen and oxygen atoms in total. The molecule has 0 aliphatic rings. The van der Waals surface area contributed by atoms with Crippen LogP contribution in [0.15, 0.2) is 49.1 Å². The summed E-state index contributed by atoms with van der Waals surface area (Å²) in [7, 11) is 2.90. The Labute approximate surface area is 192 Å². The van der Waals surface area contributed by atoms with Gasteiger partial charge in [-0.15, -0.1) is 0 Å². The van der Waals surface area contributed by atoms with Crippen LogP contribution in [0.3, 0.4) is 0 Å². The molecule has 34 heavy (non-hydrogen) atoms. The highest BCUT2D eigenvalue weighted by Crippen LogP contribution is 2.28. The molecule has 0 bridgehead atoms. The maximum Gasteiger partial charge on any atom is 0.273 e. The molecule has 4 aromatic rings. The number of hydrogen-bond donors (Lipinski definition) is 0. The van der Waals surface area contributed by atoms with E-state index in [1.807, 2.05) is 0 Å². The zero-order chi connectivity index (χ0) is 24.8. The molecule has 2 heterocycles. The number of nitrogens with zero attached hydrogens (tertiary/aromatic N) is 8. The Bertz CT molecular complexity index is 1330. The molecule has 0 spiro atoms. The van der Waals surface area contributed by atoms with Crippen LogP contribution in [0.1, 0.15) is 11.6 Å². The van der Waals surface area contributed by atoms with Crippen LogP contribution in [-0.4, -0.2) is 53.6 Å². The fourth-order valence-electron chi connectivity index (χ4n) is 2.92. The van der Waals surface area contributed by atoms with Crippen LogP contribution < -0.4 is 9.47 Å². The van der Waals surface area contributed by atoms with Gasteiger partial charge in [-0.05, 0) is 26.0 Å². The predicted molar refractivity (Wildman–Crippen MR) is 119 cm³/mol. The maximum atomic E-state index is 10.6. The molecule has 0 atom stereocenters. The van der Waals surface area contributed by atoms with Gasteiger partial charge in [0.1, 0.15) is 35.7 Å². The largest absolute Gasteiger partial charge is 0.494 e. The molecule has 0 saturated heterocycles. The van der Waals surface area contributed by atoms with E-state index in [1.165, 1.54) is 55.8 Å². The first kappa shape index (κ1) is 23.8. The molecule has 0 saturated carbocycles. The number of rotatable bonds is 6. The summed E-state index contributed by atoms with van der Waals surface area (Å²) in [6.07, 6.45) is 2.94. The van der Waals surface area contributed by atoms with E-state index in [0.717, 1.165) is 0 Å². The molecule has 176 valence electrons. The van der Waals surface area contributed by atoms with Gasteiger partial charge in [-0.25, -0.2) is 19.3 Å². The van der Waals surface area contributed by atoms with Crippen LogP contribution in [0.5, 0.6) is 11.5 Å². The van der Waals surface area contributed by atoms with Crippen molar-refractivity contribution in [2.75, 3.05) is 14.2 Å². The van der Waals surface area contributed by atoms with Crippen LogP contribution in [0, 0.1) is 34.1 Å². The monoisotopic (exact) mass is 468 g/mol. The normalized spacial score (nSPS) is 10.2. The van der Waals surface area contributed by atoms with Crippen molar-refractivity contribution in [1.29, 1.82) is 0 Å². The average Bonchev–Trinajstić information content (AvgIpc) is 3.46. The van der Waals surface area contributed by atoms with E-state index < -0.39 is 9.85 Å². The van der Waals surface area contributed by atoms with Crippen LogP contribution in [0.4, 0.5) is 11.4 Å². The zero-order valence-electron chi connectivity index (χ0n) is 18.6. The van der Waals surface area contributed by atoms with Crippen molar-refractivity contribution < 1.29 is 19.3 Å². The van der Waals surface area contributed by atoms with Gasteiger partial charge in [-0.3, -0.25) is 20.2 Å². The standard InChI is InChI=1S/2C10H10N4O3/c1-7-11-6-13(12-7)9-4-3-8(14(15)16)5-10(9)17-2;1-7-11-6-12-13(7)9-4-3-8(14(15)16)5-10(9)17-2/h2*3-6H,1-2H3. The Balaban J connectivity index is 0.000000191. The molecule has 0 aliphatic carbocycles. The minimum absolute atomic E-state index is 0.0247. The summed E-state index contributed by atoms with van der Waals surface area (Å²) in [5.41, 5.74) is 1.18. The molecule has 0 N–H and O–H groups in total. The first-order valence-corrected chi connectivity index (χ1v) is 9.65. The lowest BCUT2D eigenvalue weighted by Gasteiger charge is -2.08. The molecular weight excluding hydrogens is 448 g/mol. The van der Waals surface area contributed by atoms with Gasteiger partial charge in [0.15, 0.2) is 11.5 Å². The lowest BCUT2D eigenvalue weighted by molar-refractivity contribution is -0.385. The molecular formula is C20H20N8O6. The number of ether oxygens (including phenoxy) is 2. The van der Waals surface area contributed by atoms with Crippen molar-refractivity contribution in [3.63, 3.8) is 0 Å². The third-order valence-electron chi connectivity index (χ3n) is 4.55. The van der Waals surface area contributed by atoms with E-state index in [4.69, 9.17) is 9.47 Å². The number of benzene rings is 2. The SMILES string of the molecule is COc1cc([N+](=O)[O-])ccc1-n1cnc(C)n1.COc1cc([N+](=O)[O-])ccc1-n1ncnc1C. The lowest BCUT2D eigenvalue weighted by Crippen LogP contribution is -2.02. The molecule has 0 unspecified atom stereocenters. The summed E-state index contributed by atoms with van der Waals surface area (Å²) < 4.78 is 13.3. The van der Waals surface area contributed by atoms with Gasteiger partial charge >= 0.3 is 0 Å². The van der Waals surface area contributed by atoms with E-state index in [0.29, 0.717) is 34.5 Å². The fourth-order valence-corrected chi connectivity index (χ4v) is 2.92. The van der Waals surface area contributed by atoms with Crippen molar-refractivity contribution >= 4 is 11.4 Å². The number of nitro groups is 2. The van der Waals surface area contributed by atoms with Crippen molar-refractivity contribution in [2.24, 2.45) is 0 Å². The van der Waals surface area contributed by atoms with E-state index >= 15 is 0 Å². The van der Waals surface area contributed by atoms with Crippen LogP contribution in [0.2, 0.25) is 0 Å². The molecule has 14 heteroatoms. The summed E-state index contributed by atoms with van der Waals surface area (Å²) in [4.78, 5) is 28.3. The number of nitro benzene ring substituents is 2. The zero-order valence-corrected chi connectivity index (χ0v) is 18.6. The van der Waals surface area contributed by atoms with Gasteiger partial charge in [-0.2, -0.15) is 10.2 Å². The van der Waals surface area contributed by atoms with Crippen molar-refractivity contribution in [3.8, 4) is 22.9 Å². The van der Waals surface area contributed by atoms with Crippen LogP contribution >= 0.6 is 0 Å². The van der Waals surface area contributed by atoms with Gasteiger partial charge in [0.05, 0.1) is 36.2 Å². The third kappa shape index (κ3) is 5.12. The van der Waals surface area contributed by atoms with E-state index in [-0.39, 0.29) is 11.4 Å². The van der Waals surface area contributed by atoms with Gasteiger partial charge in [0.2, 0.25) is 0 Å². The Morgan fingerprint density at radius 1 is 0.853 bits per heavy atom. The predicted octanol–water partition coefficient (Wildman–Crippen LogP) is 2.99. The molecule has 4 rings (SSSR count). The first-order chi connectivity index (χ1) is 16.2. The summed E-state index contributed by atoms with van der Waals surface area (Å²) in [6.45, 7) is 3.54. The number of hydrogen-bond acceptors (Lipinski definition) is 10. The maximum absolute atomic E-state index is 10.6. The summed E-state index contributed by atoms with van der Waals surface area (Å²) in [6, 6.07) is 8.67.